The van der Waals surface area contributed by atoms with E-state index >= 15 is 0 Å². The van der Waals surface area contributed by atoms with Gasteiger partial charge in [-0.05, 0) is 36.6 Å². The van der Waals surface area contributed by atoms with Crippen LogP contribution in [0.25, 0.3) is 0 Å². The Balaban J connectivity index is 2.62. The van der Waals surface area contributed by atoms with Gasteiger partial charge in [0.25, 0.3) is 0 Å². The van der Waals surface area contributed by atoms with Crippen molar-refractivity contribution in [3.63, 3.8) is 0 Å². The molecular formula is C10H14ClNO. The number of hydrogen-bond donors (Lipinski definition) is 2. The maximum absolute atomic E-state index is 8.94. The van der Waals surface area contributed by atoms with Crippen LogP contribution in [-0.2, 0) is 6.42 Å². The average Bonchev–Trinajstić information content (AvgIpc) is 2.14. The van der Waals surface area contributed by atoms with E-state index in [1.165, 1.54) is 0 Å². The van der Waals surface area contributed by atoms with E-state index in [1.54, 1.807) is 0 Å². The van der Waals surface area contributed by atoms with Crippen LogP contribution in [-0.4, -0.2) is 18.3 Å². The number of hydrogen-bond acceptors (Lipinski definition) is 2. The highest BCUT2D eigenvalue weighted by Crippen LogP contribution is 2.13. The summed E-state index contributed by atoms with van der Waals surface area (Å²) in [7, 11) is 0. The van der Waals surface area contributed by atoms with Crippen LogP contribution >= 0.6 is 11.6 Å². The molecule has 0 saturated heterocycles. The Morgan fingerprint density at radius 3 is 2.77 bits per heavy atom. The lowest BCUT2D eigenvalue weighted by molar-refractivity contribution is 0.230. The highest BCUT2D eigenvalue weighted by molar-refractivity contribution is 6.30. The number of halogens is 1. The van der Waals surface area contributed by atoms with Gasteiger partial charge in [-0.1, -0.05) is 23.7 Å². The lowest BCUT2D eigenvalue weighted by Crippen LogP contribution is -2.20. The van der Waals surface area contributed by atoms with E-state index in [2.05, 4.69) is 0 Å². The first-order chi connectivity index (χ1) is 6.26. The number of aliphatic hydroxyl groups excluding tert-OH is 1. The predicted octanol–water partition coefficient (Wildman–Crippen LogP) is 1.45. The Hall–Kier alpha value is -0.570. The molecule has 72 valence electrons. The van der Waals surface area contributed by atoms with Gasteiger partial charge in [-0.25, -0.2) is 0 Å². The fraction of sp³-hybridized carbons (Fsp3) is 0.400. The zero-order valence-electron chi connectivity index (χ0n) is 7.41. The van der Waals surface area contributed by atoms with Crippen LogP contribution < -0.4 is 5.73 Å². The van der Waals surface area contributed by atoms with Crippen LogP contribution in [0.1, 0.15) is 5.56 Å². The molecule has 0 saturated carbocycles. The van der Waals surface area contributed by atoms with Crippen molar-refractivity contribution in [2.24, 2.45) is 11.7 Å². The molecule has 0 fully saturated rings. The summed E-state index contributed by atoms with van der Waals surface area (Å²) in [5.74, 6) is 0.137. The summed E-state index contributed by atoms with van der Waals surface area (Å²) < 4.78 is 0. The summed E-state index contributed by atoms with van der Waals surface area (Å²) >= 11 is 5.82. The Morgan fingerprint density at radius 2 is 2.23 bits per heavy atom. The van der Waals surface area contributed by atoms with Gasteiger partial charge in [0.05, 0.1) is 0 Å². The Morgan fingerprint density at radius 1 is 1.46 bits per heavy atom. The summed E-state index contributed by atoms with van der Waals surface area (Å²) in [5, 5.41) is 9.67. The molecule has 3 N–H and O–H groups in total. The van der Waals surface area contributed by atoms with Crippen LogP contribution in [0.4, 0.5) is 0 Å². The zero-order chi connectivity index (χ0) is 9.68. The molecule has 1 atom stereocenters. The third-order valence-electron chi connectivity index (χ3n) is 2.00. The minimum absolute atomic E-state index is 0.128. The molecule has 1 aromatic rings. The van der Waals surface area contributed by atoms with E-state index in [-0.39, 0.29) is 12.5 Å². The van der Waals surface area contributed by atoms with Crippen molar-refractivity contribution in [1.82, 2.24) is 0 Å². The van der Waals surface area contributed by atoms with E-state index in [0.717, 1.165) is 17.0 Å². The largest absolute Gasteiger partial charge is 0.396 e. The van der Waals surface area contributed by atoms with Crippen molar-refractivity contribution in [3.8, 4) is 0 Å². The second kappa shape index (κ2) is 5.22. The van der Waals surface area contributed by atoms with Crippen molar-refractivity contribution in [3.05, 3.63) is 34.9 Å². The molecule has 0 bridgehead atoms. The molecule has 0 aliphatic rings. The first-order valence-corrected chi connectivity index (χ1v) is 4.69. The van der Waals surface area contributed by atoms with Crippen LogP contribution in [0.2, 0.25) is 5.02 Å². The summed E-state index contributed by atoms with van der Waals surface area (Å²) in [5.41, 5.74) is 6.60. The Kier molecular flexibility index (Phi) is 4.22. The average molecular weight is 200 g/mol. The summed E-state index contributed by atoms with van der Waals surface area (Å²) in [4.78, 5) is 0. The van der Waals surface area contributed by atoms with E-state index < -0.39 is 0 Å². The topological polar surface area (TPSA) is 46.2 Å². The Bertz CT molecular complexity index is 261. The highest BCUT2D eigenvalue weighted by Gasteiger charge is 2.05. The smallest absolute Gasteiger partial charge is 0.0474 e. The molecule has 0 heterocycles. The first-order valence-electron chi connectivity index (χ1n) is 4.31. The molecule has 0 aliphatic carbocycles. The standard InChI is InChI=1S/C10H14ClNO/c11-10-3-1-2-8(5-10)4-9(6-12)7-13/h1-3,5,9,13H,4,6-7,12H2. The predicted molar refractivity (Wildman–Crippen MR) is 54.8 cm³/mol. The molecule has 0 radical (unpaired) electrons. The summed E-state index contributed by atoms with van der Waals surface area (Å²) in [6.45, 7) is 0.631. The van der Waals surface area contributed by atoms with E-state index in [9.17, 15) is 0 Å². The fourth-order valence-electron chi connectivity index (χ4n) is 1.22. The van der Waals surface area contributed by atoms with Crippen LogP contribution in [0.3, 0.4) is 0 Å². The van der Waals surface area contributed by atoms with Gasteiger partial charge in [0.15, 0.2) is 0 Å². The van der Waals surface area contributed by atoms with Crippen LogP contribution in [0, 0.1) is 5.92 Å². The van der Waals surface area contributed by atoms with Crippen molar-refractivity contribution < 1.29 is 5.11 Å². The Labute approximate surface area is 83.3 Å². The van der Waals surface area contributed by atoms with Gasteiger partial charge < -0.3 is 10.8 Å². The minimum atomic E-state index is 0.128. The molecular weight excluding hydrogens is 186 g/mol. The number of benzene rings is 1. The quantitative estimate of drug-likeness (QED) is 0.771. The normalized spacial score (nSPS) is 12.8. The lowest BCUT2D eigenvalue weighted by Gasteiger charge is -2.10. The van der Waals surface area contributed by atoms with Gasteiger partial charge in [0, 0.05) is 11.6 Å². The number of rotatable bonds is 4. The zero-order valence-corrected chi connectivity index (χ0v) is 8.17. The van der Waals surface area contributed by atoms with E-state index in [1.807, 2.05) is 24.3 Å². The molecule has 2 nitrogen and oxygen atoms in total. The van der Waals surface area contributed by atoms with Crippen LogP contribution in [0.5, 0.6) is 0 Å². The van der Waals surface area contributed by atoms with Gasteiger partial charge in [-0.3, -0.25) is 0 Å². The van der Waals surface area contributed by atoms with Gasteiger partial charge in [0.1, 0.15) is 0 Å². The van der Waals surface area contributed by atoms with Gasteiger partial charge in [-0.2, -0.15) is 0 Å². The molecule has 1 rings (SSSR count). The van der Waals surface area contributed by atoms with E-state index in [4.69, 9.17) is 22.4 Å². The van der Waals surface area contributed by atoms with Gasteiger partial charge in [-0.15, -0.1) is 0 Å². The molecule has 1 aromatic carbocycles. The second-order valence-electron chi connectivity index (χ2n) is 3.12. The number of nitrogens with two attached hydrogens (primary N) is 1. The molecule has 0 spiro atoms. The molecule has 1 unspecified atom stereocenters. The first kappa shape index (κ1) is 10.5. The third-order valence-corrected chi connectivity index (χ3v) is 2.24. The third kappa shape index (κ3) is 3.35. The van der Waals surface area contributed by atoms with Crippen LogP contribution in [0.15, 0.2) is 24.3 Å². The van der Waals surface area contributed by atoms with Crippen molar-refractivity contribution >= 4 is 11.6 Å². The molecule has 3 heteroatoms. The fourth-order valence-corrected chi connectivity index (χ4v) is 1.43. The molecule has 0 aromatic heterocycles. The number of aliphatic hydroxyl groups is 1. The van der Waals surface area contributed by atoms with E-state index in [0.29, 0.717) is 6.54 Å². The highest BCUT2D eigenvalue weighted by atomic mass is 35.5. The van der Waals surface area contributed by atoms with Gasteiger partial charge >= 0.3 is 0 Å². The van der Waals surface area contributed by atoms with Crippen molar-refractivity contribution in [2.75, 3.05) is 13.2 Å². The minimum Gasteiger partial charge on any atom is -0.396 e. The lowest BCUT2D eigenvalue weighted by atomic mass is 10.0. The van der Waals surface area contributed by atoms with Gasteiger partial charge in [0.2, 0.25) is 0 Å². The van der Waals surface area contributed by atoms with Crippen molar-refractivity contribution in [1.29, 1.82) is 0 Å². The maximum atomic E-state index is 8.94. The monoisotopic (exact) mass is 199 g/mol. The van der Waals surface area contributed by atoms with Crippen molar-refractivity contribution in [2.45, 2.75) is 6.42 Å². The maximum Gasteiger partial charge on any atom is 0.0474 e. The molecule has 0 amide bonds. The summed E-state index contributed by atoms with van der Waals surface area (Å²) in [6.07, 6.45) is 0.785. The summed E-state index contributed by atoms with van der Waals surface area (Å²) in [6, 6.07) is 7.63. The SMILES string of the molecule is NCC(CO)Cc1cccc(Cl)c1. The molecule has 0 aliphatic heterocycles. The second-order valence-corrected chi connectivity index (χ2v) is 3.55. The molecule has 13 heavy (non-hydrogen) atoms.